The van der Waals surface area contributed by atoms with E-state index in [2.05, 4.69) is 38.6 Å². The molecule has 6 heteroatoms. The number of nitrogens with two attached hydrogens (primary N) is 1. The van der Waals surface area contributed by atoms with Crippen molar-refractivity contribution < 1.29 is 14.3 Å². The summed E-state index contributed by atoms with van der Waals surface area (Å²) in [6.07, 6.45) is 11.6. The van der Waals surface area contributed by atoms with Crippen LogP contribution >= 0.6 is 24.4 Å². The molecular weight excluding hydrogens is 438 g/mol. The molecule has 178 valence electrons. The van der Waals surface area contributed by atoms with Crippen LogP contribution in [0.25, 0.3) is 0 Å². The Kier molecular flexibility index (Phi) is 14.4. The number of esters is 1. The minimum absolute atomic E-state index is 0.0696. The van der Waals surface area contributed by atoms with Gasteiger partial charge in [-0.05, 0) is 42.2 Å². The zero-order valence-corrected chi connectivity index (χ0v) is 21.5. The van der Waals surface area contributed by atoms with E-state index in [0.717, 1.165) is 11.3 Å². The zero-order chi connectivity index (χ0) is 23.9. The molecule has 0 bridgehead atoms. The Hall–Kier alpha value is -1.50. The number of ketones is 1. The predicted octanol–water partition coefficient (Wildman–Crippen LogP) is 4.99. The molecule has 1 aromatic rings. The molecule has 1 aromatic carbocycles. The van der Waals surface area contributed by atoms with Crippen LogP contribution in [0.15, 0.2) is 54.6 Å². The second-order valence-electron chi connectivity index (χ2n) is 8.41. The molecule has 0 aliphatic heterocycles. The maximum Gasteiger partial charge on any atom is 0.309 e. The first-order valence-corrected chi connectivity index (χ1v) is 13.2. The van der Waals surface area contributed by atoms with Crippen molar-refractivity contribution in [1.82, 2.24) is 0 Å². The molecule has 0 aliphatic rings. The fraction of sp³-hybridized carbons (Fsp3) is 0.538. The molecule has 4 atom stereocenters. The third-order valence-corrected chi connectivity index (χ3v) is 6.56. The molecule has 4 nitrogen and oxygen atoms in total. The number of hydrogen-bond donors (Lipinski definition) is 2. The maximum absolute atomic E-state index is 13.3. The lowest BCUT2D eigenvalue weighted by atomic mass is 9.86. The second kappa shape index (κ2) is 16.2. The minimum Gasteiger partial charge on any atom is -0.469 e. The number of benzene rings is 1. The highest BCUT2D eigenvalue weighted by Crippen LogP contribution is 2.22. The monoisotopic (exact) mass is 477 g/mol. The van der Waals surface area contributed by atoms with Gasteiger partial charge in [0.15, 0.2) is 0 Å². The van der Waals surface area contributed by atoms with Gasteiger partial charge in [0, 0.05) is 24.1 Å². The summed E-state index contributed by atoms with van der Waals surface area (Å²) in [5, 5.41) is 0. The third-order valence-electron chi connectivity index (χ3n) is 5.49. The smallest absolute Gasteiger partial charge is 0.309 e. The van der Waals surface area contributed by atoms with Crippen LogP contribution in [0.5, 0.6) is 0 Å². The van der Waals surface area contributed by atoms with Gasteiger partial charge >= 0.3 is 5.97 Å². The largest absolute Gasteiger partial charge is 0.469 e. The number of Topliss-reactive ketones (excluding diaryl/α,β-unsaturated/α-hetero) is 1. The first-order valence-electron chi connectivity index (χ1n) is 11.2. The third kappa shape index (κ3) is 10.9. The van der Waals surface area contributed by atoms with Crippen molar-refractivity contribution in [2.45, 2.75) is 39.2 Å². The number of allylic oxidation sites excluding steroid dienone is 3. The van der Waals surface area contributed by atoms with E-state index in [1.807, 2.05) is 48.7 Å². The van der Waals surface area contributed by atoms with E-state index >= 15 is 0 Å². The van der Waals surface area contributed by atoms with Crippen LogP contribution in [-0.2, 0) is 20.7 Å². The maximum atomic E-state index is 13.3. The number of thiol groups is 1. The van der Waals surface area contributed by atoms with Crippen molar-refractivity contribution in [1.29, 1.82) is 0 Å². The van der Waals surface area contributed by atoms with E-state index in [-0.39, 0.29) is 36.1 Å². The zero-order valence-electron chi connectivity index (χ0n) is 19.8. The topological polar surface area (TPSA) is 69.4 Å². The van der Waals surface area contributed by atoms with Gasteiger partial charge in [0.2, 0.25) is 0 Å². The highest BCUT2D eigenvalue weighted by atomic mass is 32.2. The number of carbonyl (C=O) groups excluding carboxylic acids is 2. The molecule has 0 saturated carbocycles. The van der Waals surface area contributed by atoms with Crippen LogP contribution < -0.4 is 5.73 Å². The van der Waals surface area contributed by atoms with Gasteiger partial charge in [0.1, 0.15) is 5.78 Å². The van der Waals surface area contributed by atoms with Crippen molar-refractivity contribution in [2.75, 3.05) is 24.9 Å². The van der Waals surface area contributed by atoms with Gasteiger partial charge in [0.25, 0.3) is 0 Å². The van der Waals surface area contributed by atoms with Gasteiger partial charge in [-0.3, -0.25) is 9.59 Å². The lowest BCUT2D eigenvalue weighted by molar-refractivity contribution is -0.147. The van der Waals surface area contributed by atoms with Crippen LogP contribution in [0.3, 0.4) is 0 Å². The summed E-state index contributed by atoms with van der Waals surface area (Å²) in [5.41, 5.74) is 7.08. The Labute approximate surface area is 203 Å². The van der Waals surface area contributed by atoms with Crippen LogP contribution in [0.2, 0.25) is 0 Å². The molecule has 1 rings (SSSR count). The van der Waals surface area contributed by atoms with Gasteiger partial charge in [-0.15, -0.1) is 0 Å². The molecule has 0 aromatic heterocycles. The van der Waals surface area contributed by atoms with E-state index in [0.29, 0.717) is 24.5 Å². The quantitative estimate of drug-likeness (QED) is 0.212. The molecule has 0 heterocycles. The summed E-state index contributed by atoms with van der Waals surface area (Å²) in [6, 6.07) is 9.91. The second-order valence-corrected chi connectivity index (χ2v) is 9.76. The molecule has 0 unspecified atom stereocenters. The number of carbonyl (C=O) groups is 2. The van der Waals surface area contributed by atoms with Crippen molar-refractivity contribution in [3.8, 4) is 0 Å². The van der Waals surface area contributed by atoms with E-state index in [9.17, 15) is 9.59 Å². The number of ether oxygens (including phenoxy) is 1. The molecule has 0 radical (unpaired) electrons. The molecule has 0 fully saturated rings. The molecule has 2 N–H and O–H groups in total. The lowest BCUT2D eigenvalue weighted by Crippen LogP contribution is -2.25. The minimum atomic E-state index is -0.402. The van der Waals surface area contributed by atoms with Crippen LogP contribution in [0, 0.1) is 23.7 Å². The molecule has 0 aliphatic carbocycles. The Morgan fingerprint density at radius 1 is 1.12 bits per heavy atom. The average Bonchev–Trinajstić information content (AvgIpc) is 2.80. The Morgan fingerprint density at radius 3 is 2.34 bits per heavy atom. The predicted molar refractivity (Wildman–Crippen MR) is 140 cm³/mol. The van der Waals surface area contributed by atoms with Crippen LogP contribution in [0.4, 0.5) is 0 Å². The SMILES string of the molecule is COC(=O)[C@H](CCSC)CC(=O)[C@H](/C=C\[C@@H](/C=C/[C@@H](N)CS)C(C)C)Cc1ccccc1. The number of rotatable bonds is 15. The van der Waals surface area contributed by atoms with Gasteiger partial charge in [-0.1, -0.05) is 68.5 Å². The Bertz CT molecular complexity index is 734. The molecule has 0 spiro atoms. The number of thioether (sulfide) groups is 1. The van der Waals surface area contributed by atoms with Gasteiger partial charge in [-0.2, -0.15) is 24.4 Å². The van der Waals surface area contributed by atoms with E-state index < -0.39 is 5.92 Å². The molecule has 0 saturated heterocycles. The summed E-state index contributed by atoms with van der Waals surface area (Å²) < 4.78 is 4.96. The lowest BCUT2D eigenvalue weighted by Gasteiger charge is -2.19. The summed E-state index contributed by atoms with van der Waals surface area (Å²) in [6.45, 7) is 4.30. The number of hydrogen-bond acceptors (Lipinski definition) is 6. The van der Waals surface area contributed by atoms with Crippen molar-refractivity contribution in [3.05, 3.63) is 60.2 Å². The van der Waals surface area contributed by atoms with Gasteiger partial charge < -0.3 is 10.5 Å². The van der Waals surface area contributed by atoms with Gasteiger partial charge in [-0.25, -0.2) is 0 Å². The Balaban J connectivity index is 3.09. The van der Waals surface area contributed by atoms with E-state index in [1.54, 1.807) is 11.8 Å². The summed E-state index contributed by atoms with van der Waals surface area (Å²) in [7, 11) is 1.38. The van der Waals surface area contributed by atoms with Gasteiger partial charge in [0.05, 0.1) is 13.0 Å². The van der Waals surface area contributed by atoms with Crippen molar-refractivity contribution in [3.63, 3.8) is 0 Å². The van der Waals surface area contributed by atoms with Crippen molar-refractivity contribution >= 4 is 36.1 Å². The summed E-state index contributed by atoms with van der Waals surface area (Å²) >= 11 is 5.91. The summed E-state index contributed by atoms with van der Waals surface area (Å²) in [5.74, 6) is 1.00. The Morgan fingerprint density at radius 2 is 1.78 bits per heavy atom. The fourth-order valence-corrected chi connectivity index (χ4v) is 4.03. The highest BCUT2D eigenvalue weighted by molar-refractivity contribution is 7.98. The van der Waals surface area contributed by atoms with Crippen LogP contribution in [-0.4, -0.2) is 42.7 Å². The van der Waals surface area contributed by atoms with Crippen LogP contribution in [0.1, 0.15) is 32.3 Å². The fourth-order valence-electron chi connectivity index (χ4n) is 3.38. The van der Waals surface area contributed by atoms with E-state index in [4.69, 9.17) is 10.5 Å². The number of methoxy groups -OCH3 is 1. The normalized spacial score (nSPS) is 15.7. The molecule has 0 amide bonds. The molecular formula is C26H39NO3S2. The first kappa shape index (κ1) is 28.5. The average molecular weight is 478 g/mol. The van der Waals surface area contributed by atoms with Crippen molar-refractivity contribution in [2.24, 2.45) is 29.4 Å². The molecule has 32 heavy (non-hydrogen) atoms. The standard InChI is InChI=1S/C26H39NO3S2/c1-19(2)21(12-13-24(27)18-31)10-11-22(16-20-8-6-5-7-9-20)25(28)17-23(14-15-32-4)26(29)30-3/h5-13,19,21-24,31H,14-18,27H2,1-4H3/b11-10-,13-12+/t21-,22+,23+,24+/m0/s1. The highest BCUT2D eigenvalue weighted by Gasteiger charge is 2.26. The van der Waals surface area contributed by atoms with E-state index in [1.165, 1.54) is 7.11 Å². The first-order chi connectivity index (χ1) is 15.3. The summed E-state index contributed by atoms with van der Waals surface area (Å²) in [4.78, 5) is 25.6.